The van der Waals surface area contributed by atoms with E-state index in [-0.39, 0.29) is 10.8 Å². The van der Waals surface area contributed by atoms with Crippen molar-refractivity contribution in [3.63, 3.8) is 0 Å². The third-order valence-corrected chi connectivity index (χ3v) is 7.65. The summed E-state index contributed by atoms with van der Waals surface area (Å²) < 4.78 is 37.9. The molecule has 4 rings (SSSR count). The Bertz CT molecular complexity index is 1030. The van der Waals surface area contributed by atoms with Crippen LogP contribution in [-0.2, 0) is 32.6 Å². The van der Waals surface area contributed by atoms with E-state index in [0.29, 0.717) is 38.4 Å². The molecule has 1 amide bonds. The van der Waals surface area contributed by atoms with Gasteiger partial charge < -0.3 is 14.8 Å². The Kier molecular flexibility index (Phi) is 7.54. The first kappa shape index (κ1) is 22.9. The van der Waals surface area contributed by atoms with Gasteiger partial charge in [0, 0.05) is 44.8 Å². The van der Waals surface area contributed by atoms with Crippen LogP contribution in [0.3, 0.4) is 0 Å². The van der Waals surface area contributed by atoms with E-state index < -0.39 is 10.0 Å². The lowest BCUT2D eigenvalue weighted by Crippen LogP contribution is -2.40. The first-order valence-corrected chi connectivity index (χ1v) is 12.3. The minimum atomic E-state index is -3.65. The van der Waals surface area contributed by atoms with E-state index in [0.717, 1.165) is 38.4 Å². The van der Waals surface area contributed by atoms with Crippen molar-refractivity contribution in [3.05, 3.63) is 65.2 Å². The van der Waals surface area contributed by atoms with E-state index in [4.69, 9.17) is 9.47 Å². The molecule has 0 aliphatic carbocycles. The van der Waals surface area contributed by atoms with Crippen LogP contribution in [-0.4, -0.2) is 76.1 Å². The summed E-state index contributed by atoms with van der Waals surface area (Å²) in [5.74, 6) is -0.301. The Morgan fingerprint density at radius 2 is 1.53 bits per heavy atom. The number of benzene rings is 2. The third-order valence-electron chi connectivity index (χ3n) is 5.76. The van der Waals surface area contributed by atoms with Gasteiger partial charge in [-0.2, -0.15) is 4.31 Å². The van der Waals surface area contributed by atoms with Gasteiger partial charge in [-0.25, -0.2) is 8.42 Å². The van der Waals surface area contributed by atoms with Crippen molar-refractivity contribution < 1.29 is 22.7 Å². The van der Waals surface area contributed by atoms with E-state index in [1.54, 1.807) is 12.1 Å². The number of rotatable bonds is 7. The summed E-state index contributed by atoms with van der Waals surface area (Å²) in [6, 6.07) is 14.3. The van der Waals surface area contributed by atoms with Crippen molar-refractivity contribution in [2.24, 2.45) is 0 Å². The third kappa shape index (κ3) is 5.54. The van der Waals surface area contributed by atoms with Gasteiger partial charge in [-0.05, 0) is 29.3 Å². The molecule has 0 unspecified atom stereocenters. The molecule has 0 bridgehead atoms. The first-order valence-electron chi connectivity index (χ1n) is 10.9. The maximum absolute atomic E-state index is 12.9. The smallest absolute Gasteiger partial charge is 0.251 e. The van der Waals surface area contributed by atoms with E-state index >= 15 is 0 Å². The Hall–Kier alpha value is -2.30. The Balaban J connectivity index is 1.42. The normalized spacial score (nSPS) is 18.4. The molecular weight excluding hydrogens is 430 g/mol. The van der Waals surface area contributed by atoms with E-state index in [2.05, 4.69) is 16.3 Å². The second-order valence-electron chi connectivity index (χ2n) is 7.88. The van der Waals surface area contributed by atoms with Crippen molar-refractivity contribution in [1.29, 1.82) is 0 Å². The lowest BCUT2D eigenvalue weighted by Gasteiger charge is -2.27. The Labute approximate surface area is 189 Å². The molecule has 0 atom stereocenters. The van der Waals surface area contributed by atoms with Gasteiger partial charge in [0.2, 0.25) is 10.0 Å². The standard InChI is InChI=1S/C23H29N3O5S/c27-23(19-6-3-7-22(16-19)32(28,29)26-10-14-31-15-11-26)24-17-20-4-1-2-5-21(20)18-25-8-12-30-13-9-25/h1-7,16H,8-15,17-18H2,(H,24,27). The zero-order valence-electron chi connectivity index (χ0n) is 18.0. The zero-order chi connectivity index (χ0) is 22.4. The molecular formula is C23H29N3O5S. The SMILES string of the molecule is O=C(NCc1ccccc1CN1CCOCC1)c1cccc(S(=O)(=O)N2CCOCC2)c1. The summed E-state index contributed by atoms with van der Waals surface area (Å²) in [4.78, 5) is 15.3. The lowest BCUT2D eigenvalue weighted by atomic mass is 10.1. The molecule has 2 heterocycles. The fourth-order valence-electron chi connectivity index (χ4n) is 3.90. The number of ether oxygens (including phenoxy) is 2. The maximum Gasteiger partial charge on any atom is 0.251 e. The molecule has 32 heavy (non-hydrogen) atoms. The highest BCUT2D eigenvalue weighted by molar-refractivity contribution is 7.89. The van der Waals surface area contributed by atoms with Gasteiger partial charge in [0.15, 0.2) is 0 Å². The Morgan fingerprint density at radius 3 is 2.25 bits per heavy atom. The first-order chi connectivity index (χ1) is 15.5. The van der Waals surface area contributed by atoms with Crippen molar-refractivity contribution in [2.75, 3.05) is 52.6 Å². The fourth-order valence-corrected chi connectivity index (χ4v) is 5.35. The van der Waals surface area contributed by atoms with Crippen LogP contribution in [0.1, 0.15) is 21.5 Å². The number of amides is 1. The summed E-state index contributed by atoms with van der Waals surface area (Å²) in [6.07, 6.45) is 0. The van der Waals surface area contributed by atoms with Crippen LogP contribution in [0.4, 0.5) is 0 Å². The number of nitrogens with zero attached hydrogens (tertiary/aromatic N) is 2. The summed E-state index contributed by atoms with van der Waals surface area (Å²) >= 11 is 0. The zero-order valence-corrected chi connectivity index (χ0v) is 18.9. The number of sulfonamides is 1. The van der Waals surface area contributed by atoms with Crippen LogP contribution in [0.5, 0.6) is 0 Å². The van der Waals surface area contributed by atoms with Crippen LogP contribution in [0.15, 0.2) is 53.4 Å². The van der Waals surface area contributed by atoms with Crippen molar-refractivity contribution in [3.8, 4) is 0 Å². The number of carbonyl (C=O) groups excluding carboxylic acids is 1. The molecule has 0 spiro atoms. The molecule has 2 aromatic rings. The van der Waals surface area contributed by atoms with Crippen molar-refractivity contribution in [2.45, 2.75) is 18.0 Å². The predicted molar refractivity (Wildman–Crippen MR) is 120 cm³/mol. The second kappa shape index (κ2) is 10.5. The Morgan fingerprint density at radius 1 is 0.875 bits per heavy atom. The molecule has 172 valence electrons. The summed E-state index contributed by atoms with van der Waals surface area (Å²) in [7, 11) is -3.65. The molecule has 1 N–H and O–H groups in total. The van der Waals surface area contributed by atoms with Gasteiger partial charge in [0.25, 0.3) is 5.91 Å². The molecule has 9 heteroatoms. The van der Waals surface area contributed by atoms with Crippen molar-refractivity contribution >= 4 is 15.9 Å². The molecule has 2 aliphatic heterocycles. The predicted octanol–water partition coefficient (Wildman–Crippen LogP) is 1.47. The molecule has 2 saturated heterocycles. The highest BCUT2D eigenvalue weighted by atomic mass is 32.2. The van der Waals surface area contributed by atoms with E-state index in [1.807, 2.05) is 18.2 Å². The average molecular weight is 460 g/mol. The number of carbonyl (C=O) groups is 1. The highest BCUT2D eigenvalue weighted by Crippen LogP contribution is 2.19. The summed E-state index contributed by atoms with van der Waals surface area (Å²) in [5, 5.41) is 2.94. The molecule has 0 aromatic heterocycles. The van der Waals surface area contributed by atoms with Gasteiger partial charge in [0.05, 0.1) is 31.3 Å². The molecule has 0 saturated carbocycles. The van der Waals surface area contributed by atoms with Crippen LogP contribution in [0.2, 0.25) is 0 Å². The van der Waals surface area contributed by atoms with E-state index in [9.17, 15) is 13.2 Å². The highest BCUT2D eigenvalue weighted by Gasteiger charge is 2.27. The quantitative estimate of drug-likeness (QED) is 0.675. The average Bonchev–Trinajstić information content (AvgIpc) is 2.84. The monoisotopic (exact) mass is 459 g/mol. The molecule has 2 aliphatic rings. The van der Waals surface area contributed by atoms with Gasteiger partial charge >= 0.3 is 0 Å². The van der Waals surface area contributed by atoms with Gasteiger partial charge in [-0.3, -0.25) is 9.69 Å². The number of hydrogen-bond donors (Lipinski definition) is 1. The number of morpholine rings is 2. The van der Waals surface area contributed by atoms with E-state index in [1.165, 1.54) is 22.0 Å². The molecule has 0 radical (unpaired) electrons. The molecule has 8 nitrogen and oxygen atoms in total. The van der Waals surface area contributed by atoms with Crippen LogP contribution < -0.4 is 5.32 Å². The fraction of sp³-hybridized carbons (Fsp3) is 0.435. The number of hydrogen-bond acceptors (Lipinski definition) is 6. The molecule has 2 fully saturated rings. The van der Waals surface area contributed by atoms with Gasteiger partial charge in [-0.15, -0.1) is 0 Å². The number of nitrogens with one attached hydrogen (secondary N) is 1. The topological polar surface area (TPSA) is 88.2 Å². The summed E-state index contributed by atoms with van der Waals surface area (Å²) in [6.45, 7) is 5.84. The summed E-state index contributed by atoms with van der Waals surface area (Å²) in [5.41, 5.74) is 2.53. The minimum Gasteiger partial charge on any atom is -0.379 e. The lowest BCUT2D eigenvalue weighted by molar-refractivity contribution is 0.0340. The minimum absolute atomic E-state index is 0.125. The maximum atomic E-state index is 12.9. The largest absolute Gasteiger partial charge is 0.379 e. The van der Waals surface area contributed by atoms with Gasteiger partial charge in [-0.1, -0.05) is 30.3 Å². The van der Waals surface area contributed by atoms with Crippen LogP contribution in [0.25, 0.3) is 0 Å². The van der Waals surface area contributed by atoms with Crippen LogP contribution >= 0.6 is 0 Å². The van der Waals surface area contributed by atoms with Crippen LogP contribution in [0, 0.1) is 0 Å². The van der Waals surface area contributed by atoms with Gasteiger partial charge in [0.1, 0.15) is 0 Å². The second-order valence-corrected chi connectivity index (χ2v) is 9.82. The molecule has 2 aromatic carbocycles. The van der Waals surface area contributed by atoms with Crippen molar-refractivity contribution in [1.82, 2.24) is 14.5 Å².